The van der Waals surface area contributed by atoms with Crippen molar-refractivity contribution in [2.24, 2.45) is 5.92 Å². The van der Waals surface area contributed by atoms with Crippen molar-refractivity contribution in [2.45, 2.75) is 19.0 Å². The number of carbonyl (C=O) groups is 2. The third-order valence-electron chi connectivity index (χ3n) is 5.63. The largest absolute Gasteiger partial charge is 0.493 e. The van der Waals surface area contributed by atoms with E-state index in [1.54, 1.807) is 18.2 Å². The first-order valence-electron chi connectivity index (χ1n) is 11.0. The van der Waals surface area contributed by atoms with Gasteiger partial charge in [-0.05, 0) is 56.3 Å². The van der Waals surface area contributed by atoms with E-state index in [9.17, 15) is 22.8 Å². The molecule has 1 heterocycles. The number of carbonyl (C=O) groups excluding carboxylic acids is 1. The van der Waals surface area contributed by atoms with Crippen LogP contribution in [-0.2, 0) is 15.8 Å². The molecule has 0 bridgehead atoms. The minimum atomic E-state index is -4.53. The number of amides is 1. The molecule has 0 radical (unpaired) electrons. The Morgan fingerprint density at radius 2 is 1.89 bits per heavy atom. The number of benzene rings is 2. The highest BCUT2D eigenvalue weighted by molar-refractivity contribution is 6.31. The number of halogens is 4. The number of carboxylic acids is 1. The predicted octanol–water partition coefficient (Wildman–Crippen LogP) is 4.53. The van der Waals surface area contributed by atoms with Crippen molar-refractivity contribution in [1.82, 2.24) is 4.90 Å². The van der Waals surface area contributed by atoms with Gasteiger partial charge in [-0.2, -0.15) is 13.2 Å². The summed E-state index contributed by atoms with van der Waals surface area (Å²) in [5, 5.41) is 11.4. The molecule has 0 spiro atoms. The number of aliphatic carboxylic acids is 1. The van der Waals surface area contributed by atoms with Crippen LogP contribution in [-0.4, -0.2) is 55.2 Å². The Kier molecular flexibility index (Phi) is 9.07. The number of hydrogen-bond donors (Lipinski definition) is 2. The van der Waals surface area contributed by atoms with Crippen molar-refractivity contribution in [1.29, 1.82) is 0 Å². The number of nitrogens with one attached hydrogen (secondary N) is 1. The molecule has 1 aliphatic rings. The van der Waals surface area contributed by atoms with Crippen molar-refractivity contribution in [3.63, 3.8) is 0 Å². The maximum atomic E-state index is 12.7. The summed E-state index contributed by atoms with van der Waals surface area (Å²) in [5.41, 5.74) is -0.430. The average Bonchev–Trinajstić information content (AvgIpc) is 2.83. The Balaban J connectivity index is 1.54. The van der Waals surface area contributed by atoms with E-state index in [0.717, 1.165) is 18.2 Å². The Morgan fingerprint density at radius 1 is 1.17 bits per heavy atom. The minimum absolute atomic E-state index is 0.0910. The van der Waals surface area contributed by atoms with Gasteiger partial charge < -0.3 is 19.9 Å². The number of hydrogen-bond acceptors (Lipinski definition) is 5. The number of piperidine rings is 1. The van der Waals surface area contributed by atoms with E-state index >= 15 is 0 Å². The topological polar surface area (TPSA) is 88.1 Å². The van der Waals surface area contributed by atoms with E-state index in [-0.39, 0.29) is 16.5 Å². The van der Waals surface area contributed by atoms with Gasteiger partial charge in [0.25, 0.3) is 0 Å². The quantitative estimate of drug-likeness (QED) is 0.517. The van der Waals surface area contributed by atoms with Gasteiger partial charge in [-0.1, -0.05) is 17.5 Å². The lowest BCUT2D eigenvalue weighted by atomic mass is 9.97. The van der Waals surface area contributed by atoms with Crippen LogP contribution in [0.5, 0.6) is 11.5 Å². The first kappa shape index (κ1) is 27.2. The van der Waals surface area contributed by atoms with E-state index in [0.29, 0.717) is 56.3 Å². The molecule has 1 amide bonds. The van der Waals surface area contributed by atoms with Crippen molar-refractivity contribution in [3.8, 4) is 23.3 Å². The standard InChI is InChI=1S/C25H24ClF3N2O5/c1-35-22-15-19(5-6-21(22)36-13-12-31-10-8-17(9-11-31)24(33)34)30-23(32)7-3-16-2-4-18(14-20(16)26)25(27,28)29/h2,4-6,14-15,17H,8-13H2,1H3,(H,30,32)(H,33,34). The number of rotatable bonds is 7. The molecule has 1 aliphatic heterocycles. The summed E-state index contributed by atoms with van der Waals surface area (Å²) in [7, 11) is 1.46. The van der Waals surface area contributed by atoms with E-state index in [2.05, 4.69) is 22.1 Å². The monoisotopic (exact) mass is 524 g/mol. The summed E-state index contributed by atoms with van der Waals surface area (Å²) in [5.74, 6) is 3.89. The van der Waals surface area contributed by atoms with Gasteiger partial charge in [-0.25, -0.2) is 0 Å². The number of likely N-dealkylation sites (tertiary alicyclic amines) is 1. The van der Waals surface area contributed by atoms with E-state index in [1.807, 2.05) is 0 Å². The van der Waals surface area contributed by atoms with Crippen LogP contribution in [0.25, 0.3) is 0 Å². The average molecular weight is 525 g/mol. The molecule has 1 fully saturated rings. The lowest BCUT2D eigenvalue weighted by molar-refractivity contribution is -0.143. The summed E-state index contributed by atoms with van der Waals surface area (Å²) < 4.78 is 49.4. The van der Waals surface area contributed by atoms with Gasteiger partial charge in [-0.3, -0.25) is 14.5 Å². The van der Waals surface area contributed by atoms with Crippen molar-refractivity contribution >= 4 is 29.2 Å². The lowest BCUT2D eigenvalue weighted by Crippen LogP contribution is -2.38. The number of anilines is 1. The molecule has 192 valence electrons. The Labute approximate surface area is 211 Å². The third-order valence-corrected chi connectivity index (χ3v) is 5.94. The van der Waals surface area contributed by atoms with Crippen molar-refractivity contribution in [2.75, 3.05) is 38.7 Å². The Hall–Kier alpha value is -3.42. The van der Waals surface area contributed by atoms with Crippen molar-refractivity contribution < 1.29 is 37.3 Å². The molecule has 0 atom stereocenters. The summed E-state index contributed by atoms with van der Waals surface area (Å²) in [6, 6.07) is 7.49. The first-order valence-corrected chi connectivity index (χ1v) is 11.4. The second-order valence-corrected chi connectivity index (χ2v) is 8.47. The molecule has 2 N–H and O–H groups in total. The zero-order chi connectivity index (χ0) is 26.3. The van der Waals surface area contributed by atoms with Crippen LogP contribution in [0.4, 0.5) is 18.9 Å². The Morgan fingerprint density at radius 3 is 2.50 bits per heavy atom. The van der Waals surface area contributed by atoms with Crippen LogP contribution in [0.2, 0.25) is 5.02 Å². The molecule has 2 aromatic carbocycles. The second kappa shape index (κ2) is 12.0. The van der Waals surface area contributed by atoms with Gasteiger partial charge >= 0.3 is 18.1 Å². The lowest BCUT2D eigenvalue weighted by Gasteiger charge is -2.29. The zero-order valence-corrected chi connectivity index (χ0v) is 20.1. The highest BCUT2D eigenvalue weighted by Crippen LogP contribution is 2.32. The Bertz CT molecular complexity index is 1170. The molecule has 7 nitrogen and oxygen atoms in total. The minimum Gasteiger partial charge on any atom is -0.493 e. The molecule has 0 aliphatic carbocycles. The molecule has 0 saturated carbocycles. The number of alkyl halides is 3. The smallest absolute Gasteiger partial charge is 0.416 e. The molecule has 36 heavy (non-hydrogen) atoms. The number of nitrogens with zero attached hydrogens (tertiary/aromatic N) is 1. The van der Waals surface area contributed by atoms with Crippen LogP contribution < -0.4 is 14.8 Å². The van der Waals surface area contributed by atoms with Crippen LogP contribution in [0.15, 0.2) is 36.4 Å². The summed E-state index contributed by atoms with van der Waals surface area (Å²) in [4.78, 5) is 25.4. The normalized spacial score (nSPS) is 14.5. The predicted molar refractivity (Wildman–Crippen MR) is 127 cm³/mol. The van der Waals surface area contributed by atoms with Crippen molar-refractivity contribution in [3.05, 3.63) is 52.5 Å². The molecule has 0 aromatic heterocycles. The number of ether oxygens (including phenoxy) is 2. The van der Waals surface area contributed by atoms with Gasteiger partial charge in [0.15, 0.2) is 11.5 Å². The summed E-state index contributed by atoms with van der Waals surface area (Å²) in [6.45, 7) is 2.40. The molecule has 2 aromatic rings. The van der Waals surface area contributed by atoms with Crippen LogP contribution in [0.3, 0.4) is 0 Å². The first-order chi connectivity index (χ1) is 17.1. The van der Waals surface area contributed by atoms with Gasteiger partial charge in [0.1, 0.15) is 6.61 Å². The van der Waals surface area contributed by atoms with E-state index in [1.165, 1.54) is 7.11 Å². The van der Waals surface area contributed by atoms with Crippen LogP contribution in [0.1, 0.15) is 24.0 Å². The second-order valence-electron chi connectivity index (χ2n) is 8.06. The van der Waals surface area contributed by atoms with Crippen LogP contribution in [0, 0.1) is 17.8 Å². The molecular weight excluding hydrogens is 501 g/mol. The van der Waals surface area contributed by atoms with Gasteiger partial charge in [-0.15, -0.1) is 0 Å². The molecular formula is C25H24ClF3N2O5. The van der Waals surface area contributed by atoms with E-state index in [4.69, 9.17) is 26.2 Å². The summed E-state index contributed by atoms with van der Waals surface area (Å²) >= 11 is 5.85. The maximum absolute atomic E-state index is 12.7. The van der Waals surface area contributed by atoms with Gasteiger partial charge in [0.2, 0.25) is 0 Å². The summed E-state index contributed by atoms with van der Waals surface area (Å²) in [6.07, 6.45) is -3.30. The van der Waals surface area contributed by atoms with Crippen LogP contribution >= 0.6 is 11.6 Å². The fourth-order valence-electron chi connectivity index (χ4n) is 3.63. The SMILES string of the molecule is COc1cc(NC(=O)C#Cc2ccc(C(F)(F)F)cc2Cl)ccc1OCCN1CCC(C(=O)O)CC1. The third kappa shape index (κ3) is 7.54. The van der Waals surface area contributed by atoms with Gasteiger partial charge in [0, 0.05) is 29.8 Å². The fraction of sp³-hybridized carbons (Fsp3) is 0.360. The number of carboxylic acid groups (broad SMARTS) is 1. The molecule has 0 unspecified atom stereocenters. The maximum Gasteiger partial charge on any atom is 0.416 e. The highest BCUT2D eigenvalue weighted by atomic mass is 35.5. The molecule has 11 heteroatoms. The molecule has 1 saturated heterocycles. The molecule has 3 rings (SSSR count). The number of methoxy groups -OCH3 is 1. The zero-order valence-electron chi connectivity index (χ0n) is 19.3. The van der Waals surface area contributed by atoms with Gasteiger partial charge in [0.05, 0.1) is 23.6 Å². The van der Waals surface area contributed by atoms with E-state index < -0.39 is 23.6 Å². The fourth-order valence-corrected chi connectivity index (χ4v) is 3.86. The highest BCUT2D eigenvalue weighted by Gasteiger charge is 2.30.